The molecule has 6 nitrogen and oxygen atoms in total. The molecule has 1 aliphatic rings. The summed E-state index contributed by atoms with van der Waals surface area (Å²) in [5.74, 6) is 1.89. The average molecular weight is 463 g/mol. The first kappa shape index (κ1) is 23.7. The highest BCUT2D eigenvalue weighted by Crippen LogP contribution is 2.39. The number of nitrogens with zero attached hydrogens (tertiary/aromatic N) is 1. The Hall–Kier alpha value is -3.41. The van der Waals surface area contributed by atoms with Gasteiger partial charge in [0.25, 0.3) is 5.91 Å². The molecule has 1 aromatic heterocycles. The molecule has 2 aromatic carbocycles. The normalized spacial score (nSPS) is 12.6. The van der Waals surface area contributed by atoms with Crippen LogP contribution in [0.5, 0.6) is 17.2 Å². The molecule has 1 aliphatic heterocycles. The number of hydrogen-bond donors (Lipinski definition) is 1. The first-order valence-corrected chi connectivity index (χ1v) is 12.1. The Morgan fingerprint density at radius 1 is 1.03 bits per heavy atom. The quantitative estimate of drug-likeness (QED) is 0.414. The number of aryl methyl sites for hydroxylation is 1. The fourth-order valence-electron chi connectivity index (χ4n) is 4.75. The van der Waals surface area contributed by atoms with Gasteiger partial charge in [-0.15, -0.1) is 0 Å². The van der Waals surface area contributed by atoms with Crippen LogP contribution in [0.2, 0.25) is 0 Å². The second-order valence-electron chi connectivity index (χ2n) is 8.71. The van der Waals surface area contributed by atoms with E-state index in [9.17, 15) is 4.79 Å². The third-order valence-electron chi connectivity index (χ3n) is 6.51. The number of amides is 1. The highest BCUT2D eigenvalue weighted by molar-refractivity contribution is 6.02. The number of unbranched alkanes of at least 4 members (excludes halogenated alkanes) is 2. The maximum Gasteiger partial charge on any atom is 0.251 e. The summed E-state index contributed by atoms with van der Waals surface area (Å²) >= 11 is 0. The van der Waals surface area contributed by atoms with Gasteiger partial charge < -0.3 is 24.5 Å². The summed E-state index contributed by atoms with van der Waals surface area (Å²) in [6.45, 7) is 6.03. The summed E-state index contributed by atoms with van der Waals surface area (Å²) in [4.78, 5) is 12.7. The van der Waals surface area contributed by atoms with Crippen molar-refractivity contribution in [2.24, 2.45) is 5.73 Å². The van der Waals surface area contributed by atoms with Crippen molar-refractivity contribution < 1.29 is 19.0 Å². The summed E-state index contributed by atoms with van der Waals surface area (Å²) in [5, 5.41) is 0. The number of nitrogens with two attached hydrogens (primary N) is 1. The smallest absolute Gasteiger partial charge is 0.251 e. The molecule has 34 heavy (non-hydrogen) atoms. The first-order chi connectivity index (χ1) is 16.5. The molecule has 0 aliphatic carbocycles. The van der Waals surface area contributed by atoms with Crippen LogP contribution in [0.15, 0.2) is 42.5 Å². The van der Waals surface area contributed by atoms with Crippen LogP contribution in [0.25, 0.3) is 11.1 Å². The van der Waals surface area contributed by atoms with E-state index in [-0.39, 0.29) is 0 Å². The Balaban J connectivity index is 1.76. The Bertz CT molecular complexity index is 1150. The zero-order valence-corrected chi connectivity index (χ0v) is 20.4. The zero-order chi connectivity index (χ0) is 24.1. The molecule has 0 saturated heterocycles. The Labute approximate surface area is 201 Å². The molecule has 6 heteroatoms. The molecule has 1 amide bonds. The average Bonchev–Trinajstić information content (AvgIpc) is 3.14. The van der Waals surface area contributed by atoms with E-state index < -0.39 is 5.91 Å². The summed E-state index contributed by atoms with van der Waals surface area (Å²) in [5.41, 5.74) is 11.7. The molecule has 2 N–H and O–H groups in total. The lowest BCUT2D eigenvalue weighted by Gasteiger charge is -2.19. The highest BCUT2D eigenvalue weighted by Gasteiger charge is 2.25. The van der Waals surface area contributed by atoms with Crippen LogP contribution in [0, 0.1) is 6.92 Å². The number of carbonyl (C=O) groups is 1. The molecular weight excluding hydrogens is 428 g/mol. The van der Waals surface area contributed by atoms with Crippen molar-refractivity contribution in [1.82, 2.24) is 4.57 Å². The van der Waals surface area contributed by atoms with Gasteiger partial charge in [0.05, 0.1) is 12.7 Å². The van der Waals surface area contributed by atoms with Crippen LogP contribution in [0.3, 0.4) is 0 Å². The van der Waals surface area contributed by atoms with Crippen molar-refractivity contribution in [1.29, 1.82) is 0 Å². The molecule has 0 spiro atoms. The van der Waals surface area contributed by atoms with Gasteiger partial charge in [-0.3, -0.25) is 4.79 Å². The highest BCUT2D eigenvalue weighted by atomic mass is 16.6. The van der Waals surface area contributed by atoms with Crippen LogP contribution < -0.4 is 19.9 Å². The van der Waals surface area contributed by atoms with Gasteiger partial charge in [-0.1, -0.05) is 38.0 Å². The predicted molar refractivity (Wildman–Crippen MR) is 134 cm³/mol. The number of primary amides is 1. The number of ether oxygens (including phenoxy) is 3. The van der Waals surface area contributed by atoms with Gasteiger partial charge in [0.15, 0.2) is 11.5 Å². The van der Waals surface area contributed by atoms with Crippen LogP contribution in [-0.4, -0.2) is 30.8 Å². The van der Waals surface area contributed by atoms with Crippen LogP contribution in [0.1, 0.15) is 53.5 Å². The second-order valence-corrected chi connectivity index (χ2v) is 8.71. The number of benzene rings is 2. The van der Waals surface area contributed by atoms with Crippen molar-refractivity contribution in [3.8, 4) is 28.4 Å². The van der Waals surface area contributed by atoms with Crippen LogP contribution >= 0.6 is 0 Å². The molecule has 0 saturated carbocycles. The number of carbonyl (C=O) groups excluding carboxylic acids is 1. The number of methoxy groups -OCH3 is 1. The Morgan fingerprint density at radius 2 is 1.76 bits per heavy atom. The molecule has 0 unspecified atom stereocenters. The van der Waals surface area contributed by atoms with Crippen molar-refractivity contribution in [3.63, 3.8) is 0 Å². The fraction of sp³-hybridized carbons (Fsp3) is 0.393. The Morgan fingerprint density at radius 3 is 2.44 bits per heavy atom. The molecule has 4 rings (SSSR count). The molecule has 0 atom stereocenters. The number of aromatic nitrogens is 1. The molecule has 180 valence electrons. The zero-order valence-electron chi connectivity index (χ0n) is 20.4. The van der Waals surface area contributed by atoms with E-state index in [1.54, 1.807) is 7.11 Å². The second kappa shape index (κ2) is 10.7. The van der Waals surface area contributed by atoms with E-state index in [1.807, 2.05) is 37.3 Å². The van der Waals surface area contributed by atoms with Gasteiger partial charge >= 0.3 is 0 Å². The van der Waals surface area contributed by atoms with Crippen molar-refractivity contribution in [3.05, 3.63) is 65.0 Å². The van der Waals surface area contributed by atoms with Crippen molar-refractivity contribution in [2.45, 2.75) is 52.5 Å². The third kappa shape index (κ3) is 4.91. The van der Waals surface area contributed by atoms with Crippen molar-refractivity contribution >= 4 is 5.91 Å². The first-order valence-electron chi connectivity index (χ1n) is 12.1. The molecule has 2 heterocycles. The van der Waals surface area contributed by atoms with Gasteiger partial charge in [0.2, 0.25) is 0 Å². The third-order valence-corrected chi connectivity index (χ3v) is 6.51. The lowest BCUT2D eigenvalue weighted by atomic mass is 9.97. The predicted octanol–water partition coefficient (Wildman–Crippen LogP) is 5.32. The summed E-state index contributed by atoms with van der Waals surface area (Å²) in [7, 11) is 1.67. The van der Waals surface area contributed by atoms with E-state index in [0.717, 1.165) is 72.7 Å². The molecule has 0 bridgehead atoms. The summed E-state index contributed by atoms with van der Waals surface area (Å²) in [6, 6.07) is 14.0. The summed E-state index contributed by atoms with van der Waals surface area (Å²) in [6.07, 6.45) is 5.05. The maximum absolute atomic E-state index is 12.7. The standard InChI is InChI=1S/C28H34N2O4/c1-4-5-6-7-23-27(21-10-13-24-25(18-21)34-17-16-33-24)26(28(29)31)19(2)30(23)15-14-20-8-11-22(32-3)12-9-20/h8-13,18H,4-7,14-17H2,1-3H3,(H2,29,31). The minimum Gasteiger partial charge on any atom is -0.497 e. The van der Waals surface area contributed by atoms with Crippen molar-refractivity contribution in [2.75, 3.05) is 20.3 Å². The molecule has 3 aromatic rings. The van der Waals surface area contributed by atoms with Gasteiger partial charge in [-0.05, 0) is 61.6 Å². The number of fused-ring (bicyclic) bond motifs is 1. The van der Waals surface area contributed by atoms with E-state index >= 15 is 0 Å². The van der Waals surface area contributed by atoms with E-state index in [1.165, 1.54) is 5.56 Å². The Kier molecular flexibility index (Phi) is 7.46. The lowest BCUT2D eigenvalue weighted by molar-refractivity contribution is 0.1000. The molecular formula is C28H34N2O4. The van der Waals surface area contributed by atoms with Gasteiger partial charge in [-0.25, -0.2) is 0 Å². The van der Waals surface area contributed by atoms with E-state index in [2.05, 4.69) is 23.6 Å². The van der Waals surface area contributed by atoms with Crippen LogP contribution in [0.4, 0.5) is 0 Å². The summed E-state index contributed by atoms with van der Waals surface area (Å²) < 4.78 is 19.1. The minimum atomic E-state index is -0.401. The lowest BCUT2D eigenvalue weighted by Crippen LogP contribution is -2.15. The monoisotopic (exact) mass is 462 g/mol. The van der Waals surface area contributed by atoms with E-state index in [4.69, 9.17) is 19.9 Å². The van der Waals surface area contributed by atoms with E-state index in [0.29, 0.717) is 24.5 Å². The number of hydrogen-bond acceptors (Lipinski definition) is 4. The van der Waals surface area contributed by atoms with Gasteiger partial charge in [0.1, 0.15) is 19.0 Å². The maximum atomic E-state index is 12.7. The van der Waals surface area contributed by atoms with Gasteiger partial charge in [0, 0.05) is 23.5 Å². The fourth-order valence-corrected chi connectivity index (χ4v) is 4.75. The van der Waals surface area contributed by atoms with Gasteiger partial charge in [-0.2, -0.15) is 0 Å². The molecule has 0 radical (unpaired) electrons. The largest absolute Gasteiger partial charge is 0.497 e. The molecule has 0 fully saturated rings. The number of rotatable bonds is 10. The topological polar surface area (TPSA) is 75.7 Å². The minimum absolute atomic E-state index is 0.401. The van der Waals surface area contributed by atoms with Crippen LogP contribution in [-0.2, 0) is 19.4 Å². The SMILES string of the molecule is CCCCCc1c(-c2ccc3c(c2)OCCO3)c(C(N)=O)c(C)n1CCc1ccc(OC)cc1.